The highest BCUT2D eigenvalue weighted by Crippen LogP contribution is 2.14. The van der Waals surface area contributed by atoms with Crippen LogP contribution in [0.15, 0.2) is 30.8 Å². The van der Waals surface area contributed by atoms with Crippen molar-refractivity contribution in [1.29, 1.82) is 0 Å². The number of hydrogen-bond donors (Lipinski definition) is 0. The summed E-state index contributed by atoms with van der Waals surface area (Å²) in [6.45, 7) is 12.7. The van der Waals surface area contributed by atoms with Gasteiger partial charge in [0, 0.05) is 13.2 Å². The van der Waals surface area contributed by atoms with Crippen LogP contribution in [0, 0.1) is 0 Å². The third kappa shape index (κ3) is 6.71. The Morgan fingerprint density at radius 2 is 2.11 bits per heavy atom. The lowest BCUT2D eigenvalue weighted by Crippen LogP contribution is -2.30. The Morgan fingerprint density at radius 3 is 2.79 bits per heavy atom. The number of rotatable bonds is 9. The van der Waals surface area contributed by atoms with Gasteiger partial charge in [0.25, 0.3) is 0 Å². The fourth-order valence-corrected chi connectivity index (χ4v) is 3.98. The fourth-order valence-electron chi connectivity index (χ4n) is 2.06. The molecule has 0 unspecified atom stereocenters. The molecule has 0 aliphatic carbocycles. The van der Waals surface area contributed by atoms with Crippen LogP contribution in [0.1, 0.15) is 24.5 Å². The molecule has 106 valence electrons. The first kappa shape index (κ1) is 16.2. The van der Waals surface area contributed by atoms with Gasteiger partial charge < -0.3 is 9.16 Å². The Hall–Kier alpha value is -0.903. The van der Waals surface area contributed by atoms with Gasteiger partial charge >= 0.3 is 0 Å². The van der Waals surface area contributed by atoms with E-state index in [1.807, 2.05) is 18.2 Å². The summed E-state index contributed by atoms with van der Waals surface area (Å²) in [5, 5.41) is 0. The SMILES string of the molecule is C=Cc1cccc(COCCC[Si](C)(C)OCC)c1. The van der Waals surface area contributed by atoms with Crippen LogP contribution in [-0.2, 0) is 15.8 Å². The van der Waals surface area contributed by atoms with Gasteiger partial charge in [-0.3, -0.25) is 0 Å². The second-order valence-corrected chi connectivity index (χ2v) is 9.61. The van der Waals surface area contributed by atoms with Gasteiger partial charge in [-0.15, -0.1) is 0 Å². The Labute approximate surface area is 118 Å². The van der Waals surface area contributed by atoms with Crippen molar-refractivity contribution in [1.82, 2.24) is 0 Å². The highest BCUT2D eigenvalue weighted by molar-refractivity contribution is 6.71. The molecule has 0 fully saturated rings. The molecule has 3 heteroatoms. The topological polar surface area (TPSA) is 18.5 Å². The van der Waals surface area contributed by atoms with Crippen LogP contribution in [0.3, 0.4) is 0 Å². The fraction of sp³-hybridized carbons (Fsp3) is 0.500. The monoisotopic (exact) mass is 278 g/mol. The lowest BCUT2D eigenvalue weighted by Gasteiger charge is -2.21. The molecule has 1 aromatic carbocycles. The van der Waals surface area contributed by atoms with Crippen molar-refractivity contribution in [2.24, 2.45) is 0 Å². The van der Waals surface area contributed by atoms with Gasteiger partial charge in [-0.25, -0.2) is 0 Å². The van der Waals surface area contributed by atoms with Gasteiger partial charge in [0.1, 0.15) is 0 Å². The number of benzene rings is 1. The van der Waals surface area contributed by atoms with Crippen LogP contribution in [-0.4, -0.2) is 21.5 Å². The van der Waals surface area contributed by atoms with Crippen molar-refractivity contribution in [2.45, 2.75) is 39.1 Å². The highest BCUT2D eigenvalue weighted by Gasteiger charge is 2.20. The lowest BCUT2D eigenvalue weighted by molar-refractivity contribution is 0.120. The minimum Gasteiger partial charge on any atom is -0.418 e. The third-order valence-electron chi connectivity index (χ3n) is 3.06. The van der Waals surface area contributed by atoms with E-state index in [0.29, 0.717) is 6.61 Å². The second-order valence-electron chi connectivity index (χ2n) is 5.30. The molecule has 0 saturated carbocycles. The van der Waals surface area contributed by atoms with E-state index in [0.717, 1.165) is 31.2 Å². The zero-order valence-corrected chi connectivity index (χ0v) is 13.4. The van der Waals surface area contributed by atoms with Crippen molar-refractivity contribution in [3.8, 4) is 0 Å². The molecule has 0 heterocycles. The molecule has 0 amide bonds. The molecule has 0 saturated heterocycles. The summed E-state index contributed by atoms with van der Waals surface area (Å²) in [5.41, 5.74) is 2.35. The van der Waals surface area contributed by atoms with Crippen LogP contribution in [0.2, 0.25) is 19.1 Å². The van der Waals surface area contributed by atoms with E-state index in [1.54, 1.807) is 0 Å². The third-order valence-corrected chi connectivity index (χ3v) is 5.69. The molecule has 0 N–H and O–H groups in total. The lowest BCUT2D eigenvalue weighted by atomic mass is 10.1. The number of hydrogen-bond acceptors (Lipinski definition) is 2. The first-order valence-electron chi connectivity index (χ1n) is 7.00. The summed E-state index contributed by atoms with van der Waals surface area (Å²) in [6, 6.07) is 9.46. The zero-order valence-electron chi connectivity index (χ0n) is 12.4. The van der Waals surface area contributed by atoms with E-state index >= 15 is 0 Å². The summed E-state index contributed by atoms with van der Waals surface area (Å²) in [7, 11) is -1.44. The molecule has 0 bridgehead atoms. The van der Waals surface area contributed by atoms with Crippen molar-refractivity contribution < 1.29 is 9.16 Å². The van der Waals surface area contributed by atoms with Gasteiger partial charge in [-0.05, 0) is 49.7 Å². The largest absolute Gasteiger partial charge is 0.418 e. The molecule has 0 radical (unpaired) electrons. The molecule has 0 aliphatic rings. The minimum absolute atomic E-state index is 0.679. The average Bonchev–Trinajstić information content (AvgIpc) is 2.38. The molecular formula is C16H26O2Si. The zero-order chi connectivity index (χ0) is 14.1. The van der Waals surface area contributed by atoms with Gasteiger partial charge in [0.05, 0.1) is 6.61 Å². The molecule has 1 rings (SSSR count). The normalized spacial score (nSPS) is 11.5. The summed E-state index contributed by atoms with van der Waals surface area (Å²) in [6.07, 6.45) is 2.94. The molecule has 2 nitrogen and oxygen atoms in total. The maximum absolute atomic E-state index is 5.80. The summed E-state index contributed by atoms with van der Waals surface area (Å²) in [4.78, 5) is 0. The molecule has 0 aromatic heterocycles. The Bertz CT molecular complexity index is 388. The van der Waals surface area contributed by atoms with E-state index in [9.17, 15) is 0 Å². The predicted octanol–water partition coefficient (Wildman–Crippen LogP) is 4.48. The van der Waals surface area contributed by atoms with Crippen molar-refractivity contribution >= 4 is 14.4 Å². The van der Waals surface area contributed by atoms with E-state index in [2.05, 4.69) is 38.7 Å². The standard InChI is InChI=1S/C16H26O2Si/c1-5-15-9-7-10-16(13-15)14-17-11-8-12-19(3,4)18-6-2/h5,7,9-10,13H,1,6,8,11-12,14H2,2-4H3. The van der Waals surface area contributed by atoms with E-state index in [-0.39, 0.29) is 0 Å². The van der Waals surface area contributed by atoms with Crippen LogP contribution >= 0.6 is 0 Å². The molecular weight excluding hydrogens is 252 g/mol. The number of ether oxygens (including phenoxy) is 1. The minimum atomic E-state index is -1.44. The highest BCUT2D eigenvalue weighted by atomic mass is 28.4. The van der Waals surface area contributed by atoms with Crippen LogP contribution < -0.4 is 0 Å². The quantitative estimate of drug-likeness (QED) is 0.490. The molecule has 19 heavy (non-hydrogen) atoms. The first-order chi connectivity index (χ1) is 9.07. The summed E-state index contributed by atoms with van der Waals surface area (Å²) in [5.74, 6) is 0. The smallest absolute Gasteiger partial charge is 0.186 e. The maximum atomic E-state index is 5.80. The van der Waals surface area contributed by atoms with Gasteiger partial charge in [-0.1, -0.05) is 30.9 Å². The molecule has 0 aliphatic heterocycles. The van der Waals surface area contributed by atoms with E-state index in [4.69, 9.17) is 9.16 Å². The molecule has 0 atom stereocenters. The Balaban J connectivity index is 2.22. The first-order valence-corrected chi connectivity index (χ1v) is 10.1. The van der Waals surface area contributed by atoms with Gasteiger partial charge in [0.15, 0.2) is 8.32 Å². The Morgan fingerprint density at radius 1 is 1.32 bits per heavy atom. The van der Waals surface area contributed by atoms with E-state index < -0.39 is 8.32 Å². The second kappa shape index (κ2) is 8.30. The summed E-state index contributed by atoms with van der Waals surface area (Å²) >= 11 is 0. The van der Waals surface area contributed by atoms with E-state index in [1.165, 1.54) is 5.56 Å². The van der Waals surface area contributed by atoms with Crippen LogP contribution in [0.5, 0.6) is 0 Å². The van der Waals surface area contributed by atoms with Crippen LogP contribution in [0.4, 0.5) is 0 Å². The van der Waals surface area contributed by atoms with Gasteiger partial charge in [0.2, 0.25) is 0 Å². The molecule has 1 aromatic rings. The van der Waals surface area contributed by atoms with Crippen molar-refractivity contribution in [3.63, 3.8) is 0 Å². The summed E-state index contributed by atoms with van der Waals surface area (Å²) < 4.78 is 11.5. The van der Waals surface area contributed by atoms with Crippen LogP contribution in [0.25, 0.3) is 6.08 Å². The predicted molar refractivity (Wildman–Crippen MR) is 84.7 cm³/mol. The van der Waals surface area contributed by atoms with Gasteiger partial charge in [-0.2, -0.15) is 0 Å². The Kier molecular flexibility index (Phi) is 7.06. The van der Waals surface area contributed by atoms with Crippen molar-refractivity contribution in [3.05, 3.63) is 42.0 Å². The maximum Gasteiger partial charge on any atom is 0.186 e. The average molecular weight is 278 g/mol. The van der Waals surface area contributed by atoms with Crippen molar-refractivity contribution in [2.75, 3.05) is 13.2 Å². The molecule has 0 spiro atoms.